The zero-order valence-corrected chi connectivity index (χ0v) is 7.30. The molecule has 0 spiro atoms. The van der Waals surface area contributed by atoms with Gasteiger partial charge in [-0.3, -0.25) is 0 Å². The summed E-state index contributed by atoms with van der Waals surface area (Å²) in [5, 5.41) is 0. The lowest BCUT2D eigenvalue weighted by molar-refractivity contribution is 0.805. The molecule has 0 bridgehead atoms. The summed E-state index contributed by atoms with van der Waals surface area (Å²) < 4.78 is 0. The van der Waals surface area contributed by atoms with E-state index >= 15 is 0 Å². The highest BCUT2D eigenvalue weighted by Gasteiger charge is 1.92. The van der Waals surface area contributed by atoms with Gasteiger partial charge in [-0.25, -0.2) is 0 Å². The van der Waals surface area contributed by atoms with E-state index in [4.69, 9.17) is 11.5 Å². The molecule has 0 saturated heterocycles. The van der Waals surface area contributed by atoms with Crippen molar-refractivity contribution in [1.29, 1.82) is 0 Å². The Bertz CT molecular complexity index is 58.9. The van der Waals surface area contributed by atoms with Gasteiger partial charge >= 0.3 is 0 Å². The molecule has 0 aromatic rings. The summed E-state index contributed by atoms with van der Waals surface area (Å²) in [4.78, 5) is 0. The Kier molecular flexibility index (Phi) is 7.20. The maximum atomic E-state index is 5.32. The standard InChI is InChI=1S/C5H14N2S2/c1-2-3-8-9-4-5(6)7/h5H,2-4,6-7H2,1H3. The quantitative estimate of drug-likeness (QED) is 0.364. The van der Waals surface area contributed by atoms with Crippen LogP contribution >= 0.6 is 21.6 Å². The number of rotatable bonds is 5. The van der Waals surface area contributed by atoms with Gasteiger partial charge in [-0.05, 0) is 6.42 Å². The molecule has 4 N–H and O–H groups in total. The van der Waals surface area contributed by atoms with E-state index in [0.717, 1.165) is 5.75 Å². The van der Waals surface area contributed by atoms with Gasteiger partial charge in [-0.15, -0.1) is 0 Å². The fraction of sp³-hybridized carbons (Fsp3) is 1.00. The zero-order chi connectivity index (χ0) is 7.11. The normalized spacial score (nSPS) is 10.7. The molecule has 0 fully saturated rings. The van der Waals surface area contributed by atoms with Crippen LogP contribution in [0.5, 0.6) is 0 Å². The minimum atomic E-state index is -0.153. The summed E-state index contributed by atoms with van der Waals surface area (Å²) in [7, 11) is 3.59. The van der Waals surface area contributed by atoms with Crippen molar-refractivity contribution in [3.8, 4) is 0 Å². The minimum Gasteiger partial charge on any atom is -0.315 e. The van der Waals surface area contributed by atoms with E-state index in [1.807, 2.05) is 10.8 Å². The summed E-state index contributed by atoms with van der Waals surface area (Å²) in [6.07, 6.45) is 1.07. The first kappa shape index (κ1) is 9.62. The molecule has 2 nitrogen and oxygen atoms in total. The second-order valence-corrected chi connectivity index (χ2v) is 4.40. The molecule has 0 aliphatic heterocycles. The second kappa shape index (κ2) is 6.74. The van der Waals surface area contributed by atoms with Gasteiger partial charge in [0, 0.05) is 11.5 Å². The predicted molar refractivity (Wildman–Crippen MR) is 47.4 cm³/mol. The molecule has 0 aromatic carbocycles. The lowest BCUT2D eigenvalue weighted by Gasteiger charge is -2.01. The zero-order valence-electron chi connectivity index (χ0n) is 5.67. The Morgan fingerprint density at radius 2 is 2.00 bits per heavy atom. The van der Waals surface area contributed by atoms with Crippen LogP contribution < -0.4 is 11.5 Å². The van der Waals surface area contributed by atoms with Gasteiger partial charge in [-0.2, -0.15) is 0 Å². The topological polar surface area (TPSA) is 52.0 Å². The van der Waals surface area contributed by atoms with Crippen LogP contribution in [0.4, 0.5) is 0 Å². The Labute approximate surface area is 64.5 Å². The fourth-order valence-corrected chi connectivity index (χ4v) is 2.42. The van der Waals surface area contributed by atoms with Gasteiger partial charge in [0.2, 0.25) is 0 Å². The molecule has 9 heavy (non-hydrogen) atoms. The first-order chi connectivity index (χ1) is 4.27. The number of hydrogen-bond acceptors (Lipinski definition) is 4. The van der Waals surface area contributed by atoms with E-state index in [1.54, 1.807) is 10.8 Å². The molecule has 0 unspecified atom stereocenters. The van der Waals surface area contributed by atoms with Crippen molar-refractivity contribution in [3.05, 3.63) is 0 Å². The van der Waals surface area contributed by atoms with E-state index in [-0.39, 0.29) is 6.17 Å². The Balaban J connectivity index is 2.75. The Morgan fingerprint density at radius 1 is 1.33 bits per heavy atom. The third-order valence-electron chi connectivity index (χ3n) is 0.631. The van der Waals surface area contributed by atoms with E-state index < -0.39 is 0 Å². The minimum absolute atomic E-state index is 0.153. The number of hydrogen-bond donors (Lipinski definition) is 2. The Morgan fingerprint density at radius 3 is 2.44 bits per heavy atom. The Hall–Kier alpha value is 0.620. The maximum Gasteiger partial charge on any atom is 0.0622 e. The third kappa shape index (κ3) is 8.62. The molecule has 0 rings (SSSR count). The maximum absolute atomic E-state index is 5.32. The van der Waals surface area contributed by atoms with E-state index in [0.29, 0.717) is 0 Å². The van der Waals surface area contributed by atoms with Gasteiger partial charge in [0.25, 0.3) is 0 Å². The monoisotopic (exact) mass is 166 g/mol. The molecular weight excluding hydrogens is 152 g/mol. The van der Waals surface area contributed by atoms with Crippen molar-refractivity contribution >= 4 is 21.6 Å². The van der Waals surface area contributed by atoms with Crippen LogP contribution in [0.1, 0.15) is 13.3 Å². The van der Waals surface area contributed by atoms with Crippen LogP contribution in [0, 0.1) is 0 Å². The molecule has 0 aliphatic rings. The lowest BCUT2D eigenvalue weighted by Crippen LogP contribution is -2.32. The van der Waals surface area contributed by atoms with Crippen LogP contribution in [0.3, 0.4) is 0 Å². The van der Waals surface area contributed by atoms with Crippen molar-refractivity contribution < 1.29 is 0 Å². The van der Waals surface area contributed by atoms with Gasteiger partial charge in [0.05, 0.1) is 6.17 Å². The van der Waals surface area contributed by atoms with Crippen LogP contribution in [-0.4, -0.2) is 17.7 Å². The smallest absolute Gasteiger partial charge is 0.0622 e. The van der Waals surface area contributed by atoms with E-state index in [9.17, 15) is 0 Å². The molecule has 56 valence electrons. The van der Waals surface area contributed by atoms with Crippen LogP contribution in [0.15, 0.2) is 0 Å². The largest absolute Gasteiger partial charge is 0.315 e. The van der Waals surface area contributed by atoms with Crippen LogP contribution in [0.25, 0.3) is 0 Å². The van der Waals surface area contributed by atoms with Crippen molar-refractivity contribution in [3.63, 3.8) is 0 Å². The van der Waals surface area contributed by atoms with Crippen molar-refractivity contribution in [2.75, 3.05) is 11.5 Å². The highest BCUT2D eigenvalue weighted by atomic mass is 33.1. The predicted octanol–water partition coefficient (Wildman–Crippen LogP) is 1.02. The van der Waals surface area contributed by atoms with Crippen LogP contribution in [-0.2, 0) is 0 Å². The first-order valence-corrected chi connectivity index (χ1v) is 5.51. The van der Waals surface area contributed by atoms with Crippen molar-refractivity contribution in [2.24, 2.45) is 11.5 Å². The summed E-state index contributed by atoms with van der Waals surface area (Å²) in [6.45, 7) is 2.16. The summed E-state index contributed by atoms with van der Waals surface area (Å²) in [6, 6.07) is 0. The fourth-order valence-electron chi connectivity index (χ4n) is 0.269. The van der Waals surface area contributed by atoms with Crippen molar-refractivity contribution in [1.82, 2.24) is 0 Å². The number of nitrogens with two attached hydrogens (primary N) is 2. The first-order valence-electron chi connectivity index (χ1n) is 3.03. The highest BCUT2D eigenvalue weighted by Crippen LogP contribution is 2.20. The SMILES string of the molecule is CCCSSCC(N)N. The molecule has 4 heteroatoms. The molecule has 0 saturated carbocycles. The summed E-state index contributed by atoms with van der Waals surface area (Å²) in [5.74, 6) is 2.04. The third-order valence-corrected chi connectivity index (χ3v) is 3.30. The van der Waals surface area contributed by atoms with E-state index in [1.165, 1.54) is 12.2 Å². The molecule has 0 amide bonds. The molecule has 0 aromatic heterocycles. The van der Waals surface area contributed by atoms with E-state index in [2.05, 4.69) is 6.92 Å². The molecule has 0 radical (unpaired) electrons. The van der Waals surface area contributed by atoms with Crippen molar-refractivity contribution in [2.45, 2.75) is 19.5 Å². The molecule has 0 atom stereocenters. The summed E-state index contributed by atoms with van der Waals surface area (Å²) in [5.41, 5.74) is 10.6. The lowest BCUT2D eigenvalue weighted by atomic mass is 10.6. The van der Waals surface area contributed by atoms with Gasteiger partial charge in [0.1, 0.15) is 0 Å². The van der Waals surface area contributed by atoms with Gasteiger partial charge in [0.15, 0.2) is 0 Å². The average molecular weight is 166 g/mol. The van der Waals surface area contributed by atoms with Crippen LogP contribution in [0.2, 0.25) is 0 Å². The molecule has 0 heterocycles. The van der Waals surface area contributed by atoms with Gasteiger partial charge < -0.3 is 11.5 Å². The highest BCUT2D eigenvalue weighted by molar-refractivity contribution is 8.76. The second-order valence-electron chi connectivity index (χ2n) is 1.77. The molecular formula is C5H14N2S2. The average Bonchev–Trinajstić information content (AvgIpc) is 1.80. The van der Waals surface area contributed by atoms with Gasteiger partial charge in [-0.1, -0.05) is 28.5 Å². The molecule has 0 aliphatic carbocycles. The summed E-state index contributed by atoms with van der Waals surface area (Å²) >= 11 is 0.